The molecule has 110 valence electrons. The fourth-order valence-electron chi connectivity index (χ4n) is 1.58. The summed E-state index contributed by atoms with van der Waals surface area (Å²) < 4.78 is 25.8. The Labute approximate surface area is 127 Å². The van der Waals surface area contributed by atoms with Gasteiger partial charge in [-0.3, -0.25) is 4.79 Å². The highest BCUT2D eigenvalue weighted by Crippen LogP contribution is 2.18. The van der Waals surface area contributed by atoms with Gasteiger partial charge in [-0.05, 0) is 24.3 Å². The third-order valence-corrected chi connectivity index (χ3v) is 4.82. The van der Waals surface area contributed by atoms with E-state index >= 15 is 0 Å². The molecule has 8 heteroatoms. The number of aldehydes is 1. The maximum Gasteiger partial charge on any atom is 0.243 e. The molecule has 0 aliphatic carbocycles. The van der Waals surface area contributed by atoms with E-state index in [-0.39, 0.29) is 11.4 Å². The number of carbonyl (C=O) groups excluding carboxylic acids is 1. The van der Waals surface area contributed by atoms with Gasteiger partial charge in [0.25, 0.3) is 0 Å². The summed E-state index contributed by atoms with van der Waals surface area (Å²) in [6.45, 7) is 0.00406. The fourth-order valence-corrected chi connectivity index (χ4v) is 2.83. The lowest BCUT2D eigenvalue weighted by atomic mass is 10.4. The monoisotopic (exact) mass is 325 g/mol. The van der Waals surface area contributed by atoms with Crippen LogP contribution in [0, 0.1) is 0 Å². The molecule has 1 aromatic carbocycles. The number of hydrogen-bond acceptors (Lipinski definition) is 5. The first-order valence-electron chi connectivity index (χ1n) is 5.91. The standard InChI is InChI=1S/C13H12ClN3O3S/c1-17(8-13-15-6-10(9-18)7-16-13)21(19,20)12-4-2-11(14)3-5-12/h2-7,9H,8H2,1H3. The first-order valence-corrected chi connectivity index (χ1v) is 7.73. The van der Waals surface area contributed by atoms with Crippen LogP contribution < -0.4 is 0 Å². The lowest BCUT2D eigenvalue weighted by Gasteiger charge is -2.16. The number of rotatable bonds is 5. The molecule has 1 aromatic heterocycles. The van der Waals surface area contributed by atoms with Crippen LogP contribution in [-0.4, -0.2) is 36.0 Å². The molecular weight excluding hydrogens is 314 g/mol. The van der Waals surface area contributed by atoms with Crippen LogP contribution in [0.5, 0.6) is 0 Å². The highest BCUT2D eigenvalue weighted by atomic mass is 35.5. The Bertz CT molecular complexity index is 730. The fraction of sp³-hybridized carbons (Fsp3) is 0.154. The number of aromatic nitrogens is 2. The predicted octanol–water partition coefficient (Wildman–Crippen LogP) is 1.76. The normalized spacial score (nSPS) is 11.6. The second kappa shape index (κ2) is 6.30. The number of carbonyl (C=O) groups is 1. The zero-order valence-corrected chi connectivity index (χ0v) is 12.7. The summed E-state index contributed by atoms with van der Waals surface area (Å²) in [6, 6.07) is 5.89. The van der Waals surface area contributed by atoms with Crippen LogP contribution >= 0.6 is 11.6 Å². The van der Waals surface area contributed by atoms with Crippen molar-refractivity contribution < 1.29 is 13.2 Å². The van der Waals surface area contributed by atoms with Crippen molar-refractivity contribution in [2.24, 2.45) is 0 Å². The van der Waals surface area contributed by atoms with Crippen molar-refractivity contribution in [1.29, 1.82) is 0 Å². The summed E-state index contributed by atoms with van der Waals surface area (Å²) in [5.74, 6) is 0.306. The van der Waals surface area contributed by atoms with Gasteiger partial charge in [0.1, 0.15) is 5.82 Å². The second-order valence-corrected chi connectivity index (χ2v) is 6.75. The van der Waals surface area contributed by atoms with Crippen molar-refractivity contribution >= 4 is 27.9 Å². The molecule has 0 fully saturated rings. The summed E-state index contributed by atoms with van der Waals surface area (Å²) in [6.07, 6.45) is 3.31. The van der Waals surface area contributed by atoms with Crippen LogP contribution in [0.1, 0.15) is 16.2 Å². The molecular formula is C13H12ClN3O3S. The zero-order valence-electron chi connectivity index (χ0n) is 11.1. The smallest absolute Gasteiger partial charge is 0.243 e. The van der Waals surface area contributed by atoms with Crippen LogP contribution in [0.4, 0.5) is 0 Å². The molecule has 0 saturated carbocycles. The van der Waals surface area contributed by atoms with Gasteiger partial charge < -0.3 is 0 Å². The van der Waals surface area contributed by atoms with Gasteiger partial charge >= 0.3 is 0 Å². The van der Waals surface area contributed by atoms with Gasteiger partial charge in [0.05, 0.1) is 17.0 Å². The minimum absolute atomic E-state index is 0.00406. The molecule has 0 N–H and O–H groups in total. The Balaban J connectivity index is 2.19. The van der Waals surface area contributed by atoms with E-state index in [0.29, 0.717) is 22.7 Å². The van der Waals surface area contributed by atoms with Gasteiger partial charge in [0, 0.05) is 24.5 Å². The summed E-state index contributed by atoms with van der Waals surface area (Å²) in [7, 11) is -2.21. The average Bonchev–Trinajstić information content (AvgIpc) is 2.48. The molecule has 0 bridgehead atoms. The Morgan fingerprint density at radius 1 is 1.19 bits per heavy atom. The van der Waals surface area contributed by atoms with E-state index in [2.05, 4.69) is 9.97 Å². The van der Waals surface area contributed by atoms with Gasteiger partial charge in [0.2, 0.25) is 10.0 Å². The molecule has 1 heterocycles. The average molecular weight is 326 g/mol. The van der Waals surface area contributed by atoms with Gasteiger partial charge in [-0.15, -0.1) is 0 Å². The lowest BCUT2D eigenvalue weighted by Crippen LogP contribution is -2.27. The Morgan fingerprint density at radius 2 is 1.76 bits per heavy atom. The summed E-state index contributed by atoms with van der Waals surface area (Å²) >= 11 is 5.74. The molecule has 6 nitrogen and oxygen atoms in total. The van der Waals surface area contributed by atoms with Crippen LogP contribution in [0.25, 0.3) is 0 Å². The quantitative estimate of drug-likeness (QED) is 0.783. The molecule has 0 unspecified atom stereocenters. The summed E-state index contributed by atoms with van der Waals surface area (Å²) in [5.41, 5.74) is 0.335. The van der Waals surface area contributed by atoms with Gasteiger partial charge in [0.15, 0.2) is 6.29 Å². The van der Waals surface area contributed by atoms with E-state index < -0.39 is 10.0 Å². The van der Waals surface area contributed by atoms with Gasteiger partial charge in [-0.1, -0.05) is 11.6 Å². The Hall–Kier alpha value is -1.83. The van der Waals surface area contributed by atoms with Gasteiger partial charge in [-0.25, -0.2) is 18.4 Å². The molecule has 2 aromatic rings. The van der Waals surface area contributed by atoms with E-state index in [1.165, 1.54) is 43.7 Å². The van der Waals surface area contributed by atoms with Crippen LogP contribution in [0.3, 0.4) is 0 Å². The molecule has 0 saturated heterocycles. The third kappa shape index (κ3) is 3.63. The molecule has 0 aliphatic rings. The number of sulfonamides is 1. The largest absolute Gasteiger partial charge is 0.298 e. The molecule has 0 amide bonds. The summed E-state index contributed by atoms with van der Waals surface area (Å²) in [5, 5.41) is 0.462. The van der Waals surface area contributed by atoms with E-state index in [1.807, 2.05) is 0 Å². The van der Waals surface area contributed by atoms with Gasteiger partial charge in [-0.2, -0.15) is 4.31 Å². The van der Waals surface area contributed by atoms with Crippen LogP contribution in [0.15, 0.2) is 41.6 Å². The van der Waals surface area contributed by atoms with Crippen LogP contribution in [-0.2, 0) is 16.6 Å². The third-order valence-electron chi connectivity index (χ3n) is 2.75. The maximum atomic E-state index is 12.3. The molecule has 0 atom stereocenters. The Kier molecular flexibility index (Phi) is 4.66. The minimum Gasteiger partial charge on any atom is -0.298 e. The Morgan fingerprint density at radius 3 is 2.29 bits per heavy atom. The first-order chi connectivity index (χ1) is 9.93. The number of nitrogens with zero attached hydrogens (tertiary/aromatic N) is 3. The van der Waals surface area contributed by atoms with E-state index in [0.717, 1.165) is 4.31 Å². The van der Waals surface area contributed by atoms with Crippen molar-refractivity contribution in [3.05, 3.63) is 53.1 Å². The lowest BCUT2D eigenvalue weighted by molar-refractivity contribution is 0.112. The van der Waals surface area contributed by atoms with Crippen molar-refractivity contribution in [2.45, 2.75) is 11.4 Å². The highest BCUT2D eigenvalue weighted by Gasteiger charge is 2.21. The van der Waals surface area contributed by atoms with Crippen LogP contribution in [0.2, 0.25) is 5.02 Å². The van der Waals surface area contributed by atoms with E-state index in [4.69, 9.17) is 11.6 Å². The van der Waals surface area contributed by atoms with Crippen molar-refractivity contribution in [3.8, 4) is 0 Å². The summed E-state index contributed by atoms with van der Waals surface area (Å²) in [4.78, 5) is 18.5. The molecule has 0 spiro atoms. The SMILES string of the molecule is CN(Cc1ncc(C=O)cn1)S(=O)(=O)c1ccc(Cl)cc1. The minimum atomic E-state index is -3.64. The molecule has 21 heavy (non-hydrogen) atoms. The van der Waals surface area contributed by atoms with Crippen molar-refractivity contribution in [1.82, 2.24) is 14.3 Å². The maximum absolute atomic E-state index is 12.3. The van der Waals surface area contributed by atoms with E-state index in [1.54, 1.807) is 0 Å². The number of hydrogen-bond donors (Lipinski definition) is 0. The highest BCUT2D eigenvalue weighted by molar-refractivity contribution is 7.89. The topological polar surface area (TPSA) is 80.2 Å². The molecule has 0 radical (unpaired) electrons. The van der Waals surface area contributed by atoms with Crippen molar-refractivity contribution in [2.75, 3.05) is 7.05 Å². The van der Waals surface area contributed by atoms with E-state index in [9.17, 15) is 13.2 Å². The van der Waals surface area contributed by atoms with Crippen molar-refractivity contribution in [3.63, 3.8) is 0 Å². The zero-order chi connectivity index (χ0) is 15.5. The molecule has 0 aliphatic heterocycles. The molecule has 2 rings (SSSR count). The second-order valence-electron chi connectivity index (χ2n) is 4.27. The number of benzene rings is 1. The predicted molar refractivity (Wildman–Crippen MR) is 77.5 cm³/mol. The first kappa shape index (κ1) is 15.6. The number of halogens is 1.